The van der Waals surface area contributed by atoms with Crippen molar-refractivity contribution in [2.75, 3.05) is 0 Å². The molecule has 1 saturated heterocycles. The van der Waals surface area contributed by atoms with Crippen molar-refractivity contribution in [3.8, 4) is 0 Å². The van der Waals surface area contributed by atoms with Gasteiger partial charge in [-0.1, -0.05) is 0 Å². The Morgan fingerprint density at radius 1 is 0.625 bits per heavy atom. The zero-order valence-electron chi connectivity index (χ0n) is 5.06. The van der Waals surface area contributed by atoms with Gasteiger partial charge in [0.25, 0.3) is 0 Å². The molecule has 0 nitrogen and oxygen atoms in total. The fraction of sp³-hybridized carbons (Fsp3) is 1.00. The number of hydrogen-bond donors (Lipinski definition) is 0. The van der Waals surface area contributed by atoms with E-state index in [-0.39, 0.29) is 0 Å². The van der Waals surface area contributed by atoms with E-state index in [2.05, 4.69) is 0 Å². The van der Waals surface area contributed by atoms with Crippen molar-refractivity contribution < 1.29 is 0 Å². The molecule has 0 spiro atoms. The Kier molecular flexibility index (Phi) is 4.36. The topological polar surface area (TPSA) is 0 Å². The van der Waals surface area contributed by atoms with Crippen molar-refractivity contribution in [1.29, 1.82) is 0 Å². The van der Waals surface area contributed by atoms with Crippen molar-refractivity contribution in [3.63, 3.8) is 0 Å². The quantitative estimate of drug-likeness (QED) is 0.567. The summed E-state index contributed by atoms with van der Waals surface area (Å²) in [4.78, 5) is 0. The molecule has 0 aromatic carbocycles. The van der Waals surface area contributed by atoms with Crippen LogP contribution in [0.3, 0.4) is 0 Å². The van der Waals surface area contributed by atoms with E-state index in [1.54, 1.807) is 23.5 Å². The van der Waals surface area contributed by atoms with E-state index in [4.69, 9.17) is 0 Å². The first kappa shape index (κ1) is 7.15. The van der Waals surface area contributed by atoms with Crippen LogP contribution in [0.2, 0.25) is 10.6 Å². The van der Waals surface area contributed by atoms with Gasteiger partial charge >= 0.3 is 62.6 Å². The number of hydrogen-bond acceptors (Lipinski definition) is 0. The monoisotopic (exact) mass is 244 g/mol. The molecule has 1 rings (SSSR count). The molecule has 0 N–H and O–H groups in total. The van der Waals surface area contributed by atoms with Gasteiger partial charge in [0, 0.05) is 0 Å². The summed E-state index contributed by atoms with van der Waals surface area (Å²) in [5, 5.41) is 3.18. The fourth-order valence-corrected chi connectivity index (χ4v) is 7.78. The van der Waals surface area contributed by atoms with Crippen molar-refractivity contribution in [2.24, 2.45) is 0 Å². The van der Waals surface area contributed by atoms with E-state index < -0.39 is 0 Å². The van der Waals surface area contributed by atoms with Crippen LogP contribution in [0.25, 0.3) is 0 Å². The normalized spacial score (nSPS) is 24.0. The van der Waals surface area contributed by atoms with Crippen LogP contribution < -0.4 is 0 Å². The molecule has 8 heavy (non-hydrogen) atoms. The summed E-state index contributed by atoms with van der Waals surface area (Å²) < 4.78 is 0. The molecule has 0 unspecified atom stereocenters. The van der Waals surface area contributed by atoms with Crippen molar-refractivity contribution in [3.05, 3.63) is 0 Å². The summed E-state index contributed by atoms with van der Waals surface area (Å²) in [5.41, 5.74) is 0. The van der Waals surface area contributed by atoms with E-state index in [1.165, 1.54) is 12.8 Å². The third-order valence-electron chi connectivity index (χ3n) is 1.29. The minimum atomic E-state index is 1.09. The SMILES string of the molecule is C1CCC[Se][Se]CC1. The number of rotatable bonds is 0. The van der Waals surface area contributed by atoms with E-state index in [0.29, 0.717) is 0 Å². The summed E-state index contributed by atoms with van der Waals surface area (Å²) >= 11 is 2.18. The van der Waals surface area contributed by atoms with Gasteiger partial charge in [-0.2, -0.15) is 0 Å². The first-order valence-electron chi connectivity index (χ1n) is 3.24. The molecule has 2 heteroatoms. The average molecular weight is 242 g/mol. The molecule has 1 aliphatic rings. The Balaban J connectivity index is 2.00. The van der Waals surface area contributed by atoms with Gasteiger partial charge in [0.2, 0.25) is 0 Å². The minimum absolute atomic E-state index is 1.09. The molecule has 1 aliphatic heterocycles. The summed E-state index contributed by atoms with van der Waals surface area (Å²) in [6.45, 7) is 0. The first-order chi connectivity index (χ1) is 4.00. The molecule has 0 aliphatic carbocycles. The Morgan fingerprint density at radius 2 is 1.12 bits per heavy atom. The summed E-state index contributed by atoms with van der Waals surface area (Å²) in [5.74, 6) is 0. The standard InChI is InChI=1S/C6H12Se2/c1-2-4-6-8-7-5-3-1/h1-6H2. The van der Waals surface area contributed by atoms with Crippen LogP contribution >= 0.6 is 0 Å². The van der Waals surface area contributed by atoms with Crippen molar-refractivity contribution >= 4 is 26.3 Å². The Labute approximate surface area is 62.7 Å². The summed E-state index contributed by atoms with van der Waals surface area (Å²) in [6, 6.07) is 0. The molecule has 1 heterocycles. The Bertz CT molecular complexity index is 30.5. The summed E-state index contributed by atoms with van der Waals surface area (Å²) in [6.07, 6.45) is 6.14. The molecule has 0 atom stereocenters. The zero-order valence-corrected chi connectivity index (χ0v) is 8.49. The summed E-state index contributed by atoms with van der Waals surface area (Å²) in [7, 11) is 0. The van der Waals surface area contributed by atoms with E-state index in [9.17, 15) is 0 Å². The van der Waals surface area contributed by atoms with Crippen LogP contribution in [-0.4, -0.2) is 26.3 Å². The second kappa shape index (κ2) is 4.88. The molecule has 0 saturated carbocycles. The molecular weight excluding hydrogens is 230 g/mol. The average Bonchev–Trinajstić information content (AvgIpc) is 1.62. The van der Waals surface area contributed by atoms with Gasteiger partial charge in [-0.15, -0.1) is 0 Å². The predicted octanol–water partition coefficient (Wildman–Crippen LogP) is 1.72. The predicted molar refractivity (Wildman–Crippen MR) is 39.6 cm³/mol. The van der Waals surface area contributed by atoms with Crippen LogP contribution in [0.4, 0.5) is 0 Å². The van der Waals surface area contributed by atoms with Gasteiger partial charge in [0.1, 0.15) is 0 Å². The van der Waals surface area contributed by atoms with Gasteiger partial charge in [0.15, 0.2) is 0 Å². The Hall–Kier alpha value is 1.04. The zero-order chi connectivity index (χ0) is 5.66. The van der Waals surface area contributed by atoms with Gasteiger partial charge in [-0.25, -0.2) is 0 Å². The van der Waals surface area contributed by atoms with E-state index in [1.807, 2.05) is 0 Å². The first-order valence-corrected chi connectivity index (χ1v) is 10.00. The molecule has 0 aromatic rings. The Morgan fingerprint density at radius 3 is 1.62 bits per heavy atom. The molecule has 48 valence electrons. The van der Waals surface area contributed by atoms with Crippen LogP contribution in [-0.2, 0) is 0 Å². The third-order valence-corrected chi connectivity index (χ3v) is 9.00. The van der Waals surface area contributed by atoms with Gasteiger partial charge in [0.05, 0.1) is 0 Å². The molecule has 0 bridgehead atoms. The maximum absolute atomic E-state index is 1.59. The molecular formula is C6H12Se2. The van der Waals surface area contributed by atoms with Gasteiger partial charge < -0.3 is 0 Å². The van der Waals surface area contributed by atoms with Crippen molar-refractivity contribution in [1.82, 2.24) is 0 Å². The second-order valence-corrected chi connectivity index (χ2v) is 9.90. The molecule has 0 amide bonds. The van der Waals surface area contributed by atoms with Gasteiger partial charge in [-0.05, 0) is 0 Å². The van der Waals surface area contributed by atoms with Crippen molar-refractivity contribution in [2.45, 2.75) is 36.3 Å². The molecule has 0 aromatic heterocycles. The van der Waals surface area contributed by atoms with E-state index >= 15 is 0 Å². The van der Waals surface area contributed by atoms with Gasteiger partial charge in [-0.3, -0.25) is 0 Å². The molecule has 1 fully saturated rings. The van der Waals surface area contributed by atoms with E-state index in [0.717, 1.165) is 26.3 Å². The van der Waals surface area contributed by atoms with Crippen LogP contribution in [0, 0.1) is 0 Å². The molecule has 0 radical (unpaired) electrons. The van der Waals surface area contributed by atoms with Crippen LogP contribution in [0.1, 0.15) is 25.7 Å². The maximum atomic E-state index is 1.59. The fourth-order valence-electron chi connectivity index (χ4n) is 0.793. The third kappa shape index (κ3) is 3.14. The van der Waals surface area contributed by atoms with Crippen LogP contribution in [0.15, 0.2) is 0 Å². The second-order valence-electron chi connectivity index (χ2n) is 2.06. The van der Waals surface area contributed by atoms with Crippen LogP contribution in [0.5, 0.6) is 0 Å².